The third-order valence-corrected chi connectivity index (χ3v) is 7.40. The first kappa shape index (κ1) is 21.2. The molecule has 0 saturated carbocycles. The molecular formula is C26H26N4O3S. The number of ether oxygens (including phenoxy) is 2. The zero-order chi connectivity index (χ0) is 22.9. The van der Waals surface area contributed by atoms with Crippen molar-refractivity contribution in [1.29, 1.82) is 0 Å². The number of rotatable bonds is 6. The van der Waals surface area contributed by atoms with Gasteiger partial charge in [-0.05, 0) is 24.1 Å². The van der Waals surface area contributed by atoms with E-state index in [-0.39, 0.29) is 5.91 Å². The molecule has 1 fully saturated rings. The molecular weight excluding hydrogens is 448 g/mol. The molecule has 6 rings (SSSR count). The second kappa shape index (κ2) is 9.12. The highest BCUT2D eigenvalue weighted by Gasteiger charge is 2.22. The van der Waals surface area contributed by atoms with Crippen molar-refractivity contribution in [2.24, 2.45) is 0 Å². The number of aromatic nitrogens is 2. The first-order chi connectivity index (χ1) is 16.7. The van der Waals surface area contributed by atoms with Crippen molar-refractivity contribution in [1.82, 2.24) is 19.2 Å². The molecule has 1 amide bonds. The Hall–Kier alpha value is -3.36. The van der Waals surface area contributed by atoms with Crippen LogP contribution in [0.5, 0.6) is 11.5 Å². The van der Waals surface area contributed by atoms with Gasteiger partial charge in [0.2, 0.25) is 12.7 Å². The summed E-state index contributed by atoms with van der Waals surface area (Å²) in [6, 6.07) is 16.3. The van der Waals surface area contributed by atoms with Gasteiger partial charge in [0.05, 0.1) is 5.69 Å². The number of nitrogens with zero attached hydrogens (tertiary/aromatic N) is 4. The predicted octanol–water partition coefficient (Wildman–Crippen LogP) is 4.07. The van der Waals surface area contributed by atoms with Crippen LogP contribution in [0.3, 0.4) is 0 Å². The smallest absolute Gasteiger partial charge is 0.231 e. The van der Waals surface area contributed by atoms with Crippen molar-refractivity contribution >= 4 is 22.2 Å². The van der Waals surface area contributed by atoms with E-state index in [4.69, 9.17) is 14.5 Å². The van der Waals surface area contributed by atoms with Crippen LogP contribution in [0, 0.1) is 0 Å². The SMILES string of the molecule is O=C(CCc1csc2nc(-c3ccccc3)cn12)N1CCN(Cc2ccc3c(c2)OCO3)CC1. The summed E-state index contributed by atoms with van der Waals surface area (Å²) in [5.74, 6) is 1.86. The Balaban J connectivity index is 1.02. The molecule has 2 aromatic heterocycles. The van der Waals surface area contributed by atoms with Crippen molar-refractivity contribution in [3.63, 3.8) is 0 Å². The van der Waals surface area contributed by atoms with Crippen LogP contribution < -0.4 is 9.47 Å². The summed E-state index contributed by atoms with van der Waals surface area (Å²) in [5.41, 5.74) is 4.43. The number of imidazole rings is 1. The summed E-state index contributed by atoms with van der Waals surface area (Å²) in [6.07, 6.45) is 3.32. The van der Waals surface area contributed by atoms with Crippen LogP contribution in [0.25, 0.3) is 16.2 Å². The normalized spacial score (nSPS) is 15.8. The fourth-order valence-electron chi connectivity index (χ4n) is 4.60. The zero-order valence-electron chi connectivity index (χ0n) is 18.9. The summed E-state index contributed by atoms with van der Waals surface area (Å²) in [4.78, 5) is 23.0. The van der Waals surface area contributed by atoms with E-state index in [1.165, 1.54) is 5.56 Å². The molecule has 174 valence electrons. The van der Waals surface area contributed by atoms with Crippen molar-refractivity contribution in [2.75, 3.05) is 33.0 Å². The van der Waals surface area contributed by atoms with Gasteiger partial charge < -0.3 is 14.4 Å². The Labute approximate surface area is 202 Å². The number of hydrogen-bond acceptors (Lipinski definition) is 6. The molecule has 1 saturated heterocycles. The Morgan fingerprint density at radius 2 is 1.82 bits per heavy atom. The molecule has 8 heteroatoms. The maximum Gasteiger partial charge on any atom is 0.231 e. The largest absolute Gasteiger partial charge is 0.454 e. The number of thiazole rings is 1. The van der Waals surface area contributed by atoms with Gasteiger partial charge in [-0.3, -0.25) is 14.1 Å². The van der Waals surface area contributed by atoms with E-state index >= 15 is 0 Å². The van der Waals surface area contributed by atoms with E-state index in [0.29, 0.717) is 13.2 Å². The van der Waals surface area contributed by atoms with Crippen LogP contribution in [-0.2, 0) is 17.8 Å². The number of aryl methyl sites for hydroxylation is 1. The lowest BCUT2D eigenvalue weighted by Crippen LogP contribution is -2.48. The van der Waals surface area contributed by atoms with Gasteiger partial charge in [0.15, 0.2) is 16.5 Å². The summed E-state index contributed by atoms with van der Waals surface area (Å²) in [7, 11) is 0. The van der Waals surface area contributed by atoms with Gasteiger partial charge in [0, 0.05) is 62.0 Å². The topological polar surface area (TPSA) is 59.3 Å². The second-order valence-corrected chi connectivity index (χ2v) is 9.55. The fourth-order valence-corrected chi connectivity index (χ4v) is 5.51. The van der Waals surface area contributed by atoms with Crippen LogP contribution >= 0.6 is 11.3 Å². The molecule has 0 bridgehead atoms. The van der Waals surface area contributed by atoms with E-state index in [1.807, 2.05) is 29.2 Å². The van der Waals surface area contributed by atoms with Crippen LogP contribution in [0.2, 0.25) is 0 Å². The second-order valence-electron chi connectivity index (χ2n) is 8.72. The van der Waals surface area contributed by atoms with Crippen LogP contribution in [0.15, 0.2) is 60.1 Å². The van der Waals surface area contributed by atoms with Crippen molar-refractivity contribution < 1.29 is 14.3 Å². The van der Waals surface area contributed by atoms with Crippen molar-refractivity contribution in [3.8, 4) is 22.8 Å². The van der Waals surface area contributed by atoms with Crippen molar-refractivity contribution in [3.05, 3.63) is 71.4 Å². The lowest BCUT2D eigenvalue weighted by molar-refractivity contribution is -0.133. The molecule has 2 aliphatic heterocycles. The zero-order valence-corrected chi connectivity index (χ0v) is 19.7. The van der Waals surface area contributed by atoms with Gasteiger partial charge in [0.25, 0.3) is 0 Å². The number of benzene rings is 2. The third kappa shape index (κ3) is 4.26. The maximum atomic E-state index is 12.9. The molecule has 0 atom stereocenters. The first-order valence-electron chi connectivity index (χ1n) is 11.6. The molecule has 7 nitrogen and oxygen atoms in total. The highest BCUT2D eigenvalue weighted by atomic mass is 32.1. The van der Waals surface area contributed by atoms with Gasteiger partial charge in [-0.1, -0.05) is 36.4 Å². The Morgan fingerprint density at radius 1 is 1.00 bits per heavy atom. The number of hydrogen-bond donors (Lipinski definition) is 0. The molecule has 0 spiro atoms. The highest BCUT2D eigenvalue weighted by molar-refractivity contribution is 7.15. The lowest BCUT2D eigenvalue weighted by atomic mass is 10.1. The number of amides is 1. The molecule has 4 heterocycles. The average Bonchev–Trinajstić information content (AvgIpc) is 3.60. The summed E-state index contributed by atoms with van der Waals surface area (Å²) in [6.45, 7) is 4.45. The standard InChI is InChI=1S/C26H26N4O3S/c31-25(9-7-21-17-34-26-27-22(16-30(21)26)20-4-2-1-3-5-20)29-12-10-28(11-13-29)15-19-6-8-23-24(14-19)33-18-32-23/h1-6,8,14,16-17H,7,9-13,15,18H2. The number of carbonyl (C=O) groups is 1. The molecule has 0 radical (unpaired) electrons. The number of piperazine rings is 1. The lowest BCUT2D eigenvalue weighted by Gasteiger charge is -2.34. The molecule has 0 unspecified atom stereocenters. The molecule has 34 heavy (non-hydrogen) atoms. The van der Waals surface area contributed by atoms with Crippen LogP contribution in [0.4, 0.5) is 0 Å². The van der Waals surface area contributed by atoms with E-state index in [0.717, 1.165) is 72.6 Å². The van der Waals surface area contributed by atoms with Gasteiger partial charge in [-0.25, -0.2) is 4.98 Å². The highest BCUT2D eigenvalue weighted by Crippen LogP contribution is 2.33. The van der Waals surface area contributed by atoms with Gasteiger partial charge >= 0.3 is 0 Å². The van der Waals surface area contributed by atoms with Crippen molar-refractivity contribution in [2.45, 2.75) is 19.4 Å². The van der Waals surface area contributed by atoms with Crippen LogP contribution in [-0.4, -0.2) is 58.1 Å². The van der Waals surface area contributed by atoms with E-state index < -0.39 is 0 Å². The summed E-state index contributed by atoms with van der Waals surface area (Å²) >= 11 is 1.63. The molecule has 0 aliphatic carbocycles. The summed E-state index contributed by atoms with van der Waals surface area (Å²) < 4.78 is 13.0. The third-order valence-electron chi connectivity index (χ3n) is 6.52. The van der Waals surface area contributed by atoms with E-state index in [2.05, 4.69) is 45.1 Å². The minimum absolute atomic E-state index is 0.227. The Bertz CT molecular complexity index is 1310. The molecule has 0 N–H and O–H groups in total. The molecule has 2 aromatic carbocycles. The average molecular weight is 475 g/mol. The number of carbonyl (C=O) groups excluding carboxylic acids is 1. The fraction of sp³-hybridized carbons (Fsp3) is 0.308. The molecule has 4 aromatic rings. The number of fused-ring (bicyclic) bond motifs is 2. The monoisotopic (exact) mass is 474 g/mol. The Morgan fingerprint density at radius 3 is 2.68 bits per heavy atom. The predicted molar refractivity (Wildman–Crippen MR) is 131 cm³/mol. The molecule has 2 aliphatic rings. The van der Waals surface area contributed by atoms with E-state index in [1.54, 1.807) is 11.3 Å². The quantitative estimate of drug-likeness (QED) is 0.422. The minimum Gasteiger partial charge on any atom is -0.454 e. The van der Waals surface area contributed by atoms with E-state index in [9.17, 15) is 4.79 Å². The van der Waals surface area contributed by atoms with Gasteiger partial charge in [0.1, 0.15) is 0 Å². The van der Waals surface area contributed by atoms with Gasteiger partial charge in [-0.15, -0.1) is 11.3 Å². The Kier molecular flexibility index (Phi) is 5.68. The minimum atomic E-state index is 0.227. The van der Waals surface area contributed by atoms with Gasteiger partial charge in [-0.2, -0.15) is 0 Å². The summed E-state index contributed by atoms with van der Waals surface area (Å²) in [5, 5.41) is 2.12. The van der Waals surface area contributed by atoms with Crippen LogP contribution in [0.1, 0.15) is 17.7 Å². The first-order valence-corrected chi connectivity index (χ1v) is 12.5. The maximum absolute atomic E-state index is 12.9.